The van der Waals surface area contributed by atoms with E-state index in [1.807, 2.05) is 6.20 Å². The molecule has 1 aromatic heterocycles. The topological polar surface area (TPSA) is 19.4 Å². The first kappa shape index (κ1) is 11.9. The van der Waals surface area contributed by atoms with Crippen LogP contribution in [0.1, 0.15) is 12.0 Å². The van der Waals surface area contributed by atoms with Gasteiger partial charge in [-0.3, -0.25) is 0 Å². The Morgan fingerprint density at radius 1 is 1.56 bits per heavy atom. The molecule has 0 spiro atoms. The van der Waals surface area contributed by atoms with Gasteiger partial charge in [0.25, 0.3) is 0 Å². The number of nitrogens with zero attached hydrogens (tertiary/aromatic N) is 3. The molecule has 88 valence electrons. The molecule has 0 aliphatic carbocycles. The van der Waals surface area contributed by atoms with Crippen molar-refractivity contribution in [2.75, 3.05) is 32.1 Å². The lowest BCUT2D eigenvalue weighted by molar-refractivity contribution is 0.409. The van der Waals surface area contributed by atoms with Gasteiger partial charge in [0.05, 0.1) is 0 Å². The summed E-state index contributed by atoms with van der Waals surface area (Å²) in [4.78, 5) is 9.13. The number of aromatic nitrogens is 1. The molecule has 0 amide bonds. The van der Waals surface area contributed by atoms with E-state index in [9.17, 15) is 0 Å². The highest BCUT2D eigenvalue weighted by atomic mass is 79.9. The summed E-state index contributed by atoms with van der Waals surface area (Å²) in [6, 6.07) is 2.74. The lowest BCUT2D eigenvalue weighted by Crippen LogP contribution is -2.34. The van der Waals surface area contributed by atoms with Crippen LogP contribution in [0.3, 0.4) is 0 Å². The van der Waals surface area contributed by atoms with Gasteiger partial charge in [-0.1, -0.05) is 0 Å². The third kappa shape index (κ3) is 2.38. The normalized spacial score (nSPS) is 21.4. The molecule has 1 aromatic rings. The molecule has 1 atom stereocenters. The van der Waals surface area contributed by atoms with Crippen LogP contribution in [0.4, 0.5) is 5.82 Å². The maximum Gasteiger partial charge on any atom is 0.128 e. The molecule has 1 saturated heterocycles. The van der Waals surface area contributed by atoms with E-state index in [2.05, 4.69) is 57.8 Å². The minimum Gasteiger partial charge on any atom is -0.355 e. The highest BCUT2D eigenvalue weighted by molar-refractivity contribution is 9.10. The summed E-state index contributed by atoms with van der Waals surface area (Å²) in [6.45, 7) is 4.42. The molecule has 16 heavy (non-hydrogen) atoms. The van der Waals surface area contributed by atoms with Crippen molar-refractivity contribution in [1.82, 2.24) is 9.88 Å². The molecule has 0 N–H and O–H groups in total. The van der Waals surface area contributed by atoms with Crippen molar-refractivity contribution >= 4 is 21.7 Å². The van der Waals surface area contributed by atoms with E-state index < -0.39 is 0 Å². The van der Waals surface area contributed by atoms with Crippen LogP contribution >= 0.6 is 15.9 Å². The maximum atomic E-state index is 4.47. The monoisotopic (exact) mass is 283 g/mol. The Kier molecular flexibility index (Phi) is 3.50. The SMILES string of the molecule is Cc1cc(N(C)C2CCN(C)C2)ncc1Br. The first-order chi connectivity index (χ1) is 7.58. The average molecular weight is 284 g/mol. The first-order valence-electron chi connectivity index (χ1n) is 5.61. The number of aryl methyl sites for hydroxylation is 1. The first-order valence-corrected chi connectivity index (χ1v) is 6.40. The molecule has 1 unspecified atom stereocenters. The van der Waals surface area contributed by atoms with Crippen molar-refractivity contribution in [2.45, 2.75) is 19.4 Å². The molecule has 0 saturated carbocycles. The van der Waals surface area contributed by atoms with Crippen molar-refractivity contribution in [3.63, 3.8) is 0 Å². The summed E-state index contributed by atoms with van der Waals surface area (Å²) < 4.78 is 1.08. The molecule has 2 rings (SSSR count). The molecule has 0 radical (unpaired) electrons. The van der Waals surface area contributed by atoms with Crippen LogP contribution in [0, 0.1) is 6.92 Å². The smallest absolute Gasteiger partial charge is 0.128 e. The van der Waals surface area contributed by atoms with Crippen molar-refractivity contribution in [1.29, 1.82) is 0 Å². The Morgan fingerprint density at radius 2 is 2.31 bits per heavy atom. The van der Waals surface area contributed by atoms with Crippen LogP contribution in [0.25, 0.3) is 0 Å². The van der Waals surface area contributed by atoms with Gasteiger partial charge < -0.3 is 9.80 Å². The third-order valence-corrected chi connectivity index (χ3v) is 4.14. The molecular weight excluding hydrogens is 266 g/mol. The zero-order valence-electron chi connectivity index (χ0n) is 10.1. The van der Waals surface area contributed by atoms with Crippen LogP contribution < -0.4 is 4.90 Å². The van der Waals surface area contributed by atoms with E-state index in [1.165, 1.54) is 18.5 Å². The van der Waals surface area contributed by atoms with E-state index in [1.54, 1.807) is 0 Å². The Hall–Kier alpha value is -0.610. The zero-order valence-corrected chi connectivity index (χ0v) is 11.7. The van der Waals surface area contributed by atoms with E-state index in [0.717, 1.165) is 16.8 Å². The standard InChI is InChI=1S/C12H18BrN3/c1-9-6-12(14-7-11(9)13)16(3)10-4-5-15(2)8-10/h6-7,10H,4-5,8H2,1-3H3. The van der Waals surface area contributed by atoms with E-state index >= 15 is 0 Å². The molecule has 1 aliphatic rings. The molecular formula is C12H18BrN3. The maximum absolute atomic E-state index is 4.47. The second kappa shape index (κ2) is 4.72. The van der Waals surface area contributed by atoms with Gasteiger partial charge in [0, 0.05) is 30.3 Å². The van der Waals surface area contributed by atoms with Crippen molar-refractivity contribution < 1.29 is 0 Å². The quantitative estimate of drug-likeness (QED) is 0.830. The fourth-order valence-corrected chi connectivity index (χ4v) is 2.35. The summed E-state index contributed by atoms with van der Waals surface area (Å²) >= 11 is 3.48. The lowest BCUT2D eigenvalue weighted by atomic mass is 10.2. The summed E-state index contributed by atoms with van der Waals surface area (Å²) in [5.41, 5.74) is 1.24. The van der Waals surface area contributed by atoms with Gasteiger partial charge in [-0.2, -0.15) is 0 Å². The van der Waals surface area contributed by atoms with Gasteiger partial charge in [-0.25, -0.2) is 4.98 Å². The Labute approximate surface area is 106 Å². The summed E-state index contributed by atoms with van der Waals surface area (Å²) in [5, 5.41) is 0. The van der Waals surface area contributed by atoms with Crippen LogP contribution in [-0.2, 0) is 0 Å². The minimum absolute atomic E-state index is 0.595. The number of pyridine rings is 1. The minimum atomic E-state index is 0.595. The van der Waals surface area contributed by atoms with E-state index in [-0.39, 0.29) is 0 Å². The van der Waals surface area contributed by atoms with Crippen LogP contribution in [0.5, 0.6) is 0 Å². The average Bonchev–Trinajstić information content (AvgIpc) is 2.68. The third-order valence-electron chi connectivity index (χ3n) is 3.31. The highest BCUT2D eigenvalue weighted by Gasteiger charge is 2.24. The van der Waals surface area contributed by atoms with Gasteiger partial charge in [0.15, 0.2) is 0 Å². The van der Waals surface area contributed by atoms with E-state index in [0.29, 0.717) is 6.04 Å². The Bertz CT molecular complexity index is 381. The molecule has 4 heteroatoms. The summed E-state index contributed by atoms with van der Waals surface area (Å²) in [6.07, 6.45) is 3.11. The lowest BCUT2D eigenvalue weighted by Gasteiger charge is -2.25. The number of halogens is 1. The summed E-state index contributed by atoms with van der Waals surface area (Å²) in [7, 11) is 4.31. The molecule has 1 aliphatic heterocycles. The number of anilines is 1. The molecule has 2 heterocycles. The predicted octanol–water partition coefficient (Wildman–Crippen LogP) is 2.29. The molecule has 0 bridgehead atoms. The van der Waals surface area contributed by atoms with Crippen LogP contribution in [0.15, 0.2) is 16.7 Å². The number of hydrogen-bond donors (Lipinski definition) is 0. The van der Waals surface area contributed by atoms with Gasteiger partial charge in [-0.15, -0.1) is 0 Å². The Morgan fingerprint density at radius 3 is 2.88 bits per heavy atom. The largest absolute Gasteiger partial charge is 0.355 e. The summed E-state index contributed by atoms with van der Waals surface area (Å²) in [5.74, 6) is 1.07. The fraction of sp³-hybridized carbons (Fsp3) is 0.583. The van der Waals surface area contributed by atoms with Gasteiger partial charge in [-0.05, 0) is 54.5 Å². The Balaban J connectivity index is 2.14. The molecule has 3 nitrogen and oxygen atoms in total. The van der Waals surface area contributed by atoms with Crippen LogP contribution in [0.2, 0.25) is 0 Å². The fourth-order valence-electron chi connectivity index (χ4n) is 2.13. The van der Waals surface area contributed by atoms with Gasteiger partial charge in [0.2, 0.25) is 0 Å². The highest BCUT2D eigenvalue weighted by Crippen LogP contribution is 2.23. The number of likely N-dealkylation sites (N-methyl/N-ethyl adjacent to an activating group) is 2. The second-order valence-corrected chi connectivity index (χ2v) is 5.46. The molecule has 1 fully saturated rings. The number of rotatable bonds is 2. The number of hydrogen-bond acceptors (Lipinski definition) is 3. The van der Waals surface area contributed by atoms with Crippen LogP contribution in [-0.4, -0.2) is 43.1 Å². The van der Waals surface area contributed by atoms with Gasteiger partial charge >= 0.3 is 0 Å². The molecule has 0 aromatic carbocycles. The van der Waals surface area contributed by atoms with Gasteiger partial charge in [0.1, 0.15) is 5.82 Å². The zero-order chi connectivity index (χ0) is 11.7. The van der Waals surface area contributed by atoms with Crippen molar-refractivity contribution in [2.24, 2.45) is 0 Å². The van der Waals surface area contributed by atoms with Crippen molar-refractivity contribution in [3.05, 3.63) is 22.3 Å². The predicted molar refractivity (Wildman–Crippen MR) is 71.0 cm³/mol. The number of likely N-dealkylation sites (tertiary alicyclic amines) is 1. The van der Waals surface area contributed by atoms with Crippen molar-refractivity contribution in [3.8, 4) is 0 Å². The second-order valence-electron chi connectivity index (χ2n) is 4.61. The van der Waals surface area contributed by atoms with E-state index in [4.69, 9.17) is 0 Å².